The van der Waals surface area contributed by atoms with Crippen LogP contribution in [0.4, 0.5) is 5.82 Å². The molecule has 0 atom stereocenters. The lowest BCUT2D eigenvalue weighted by Gasteiger charge is -2.35. The van der Waals surface area contributed by atoms with Gasteiger partial charge in [0.05, 0.1) is 5.52 Å². The van der Waals surface area contributed by atoms with E-state index >= 15 is 0 Å². The van der Waals surface area contributed by atoms with Crippen molar-refractivity contribution >= 4 is 16.7 Å². The van der Waals surface area contributed by atoms with Gasteiger partial charge in [-0.1, -0.05) is 6.07 Å². The van der Waals surface area contributed by atoms with Crippen LogP contribution in [0.5, 0.6) is 0 Å². The van der Waals surface area contributed by atoms with Gasteiger partial charge in [0.2, 0.25) is 0 Å². The zero-order chi connectivity index (χ0) is 17.2. The SMILES string of the molecule is CN(C)C1CCN(c2ccc3cc(CN4CCCC4)ccc3n2)CC1. The van der Waals surface area contributed by atoms with Gasteiger partial charge in [-0.2, -0.15) is 0 Å². The summed E-state index contributed by atoms with van der Waals surface area (Å²) < 4.78 is 0. The second kappa shape index (κ2) is 7.30. The molecule has 1 aromatic carbocycles. The smallest absolute Gasteiger partial charge is 0.129 e. The molecule has 2 aliphatic rings. The van der Waals surface area contributed by atoms with E-state index in [0.717, 1.165) is 31.0 Å². The monoisotopic (exact) mass is 338 g/mol. The highest BCUT2D eigenvalue weighted by Gasteiger charge is 2.21. The summed E-state index contributed by atoms with van der Waals surface area (Å²) in [4.78, 5) is 12.3. The standard InChI is InChI=1S/C21H30N4/c1-23(2)19-9-13-25(14-10-19)21-8-6-18-15-17(5-7-20(18)22-21)16-24-11-3-4-12-24/h5-8,15,19H,3-4,9-14,16H2,1-2H3. The molecule has 0 aliphatic carbocycles. The van der Waals surface area contributed by atoms with Crippen LogP contribution < -0.4 is 4.90 Å². The van der Waals surface area contributed by atoms with Crippen LogP contribution in [0.1, 0.15) is 31.2 Å². The maximum atomic E-state index is 4.94. The summed E-state index contributed by atoms with van der Waals surface area (Å²) in [6.07, 6.45) is 5.15. The Hall–Kier alpha value is -1.65. The van der Waals surface area contributed by atoms with Crippen molar-refractivity contribution in [2.45, 2.75) is 38.3 Å². The molecule has 0 bridgehead atoms. The number of piperidine rings is 1. The summed E-state index contributed by atoms with van der Waals surface area (Å²) >= 11 is 0. The summed E-state index contributed by atoms with van der Waals surface area (Å²) in [6.45, 7) is 5.79. The molecule has 3 heterocycles. The zero-order valence-corrected chi connectivity index (χ0v) is 15.6. The number of aromatic nitrogens is 1. The summed E-state index contributed by atoms with van der Waals surface area (Å²) in [5.41, 5.74) is 2.54. The van der Waals surface area contributed by atoms with Crippen LogP contribution in [0.2, 0.25) is 0 Å². The first-order valence-corrected chi connectivity index (χ1v) is 9.72. The van der Waals surface area contributed by atoms with Crippen molar-refractivity contribution in [3.05, 3.63) is 35.9 Å². The number of anilines is 1. The number of rotatable bonds is 4. The summed E-state index contributed by atoms with van der Waals surface area (Å²) in [5, 5.41) is 1.27. The maximum absolute atomic E-state index is 4.94. The number of fused-ring (bicyclic) bond motifs is 1. The summed E-state index contributed by atoms with van der Waals surface area (Å²) in [6, 6.07) is 12.0. The predicted octanol–water partition coefficient (Wildman–Crippen LogP) is 3.36. The highest BCUT2D eigenvalue weighted by Crippen LogP contribution is 2.24. The Morgan fingerprint density at radius 1 is 1.00 bits per heavy atom. The number of hydrogen-bond donors (Lipinski definition) is 0. The lowest BCUT2D eigenvalue weighted by molar-refractivity contribution is 0.249. The Morgan fingerprint density at radius 2 is 1.76 bits per heavy atom. The van der Waals surface area contributed by atoms with Gasteiger partial charge in [0.1, 0.15) is 5.82 Å². The topological polar surface area (TPSA) is 22.6 Å². The van der Waals surface area contributed by atoms with Crippen molar-refractivity contribution in [1.82, 2.24) is 14.8 Å². The van der Waals surface area contributed by atoms with Gasteiger partial charge in [0, 0.05) is 31.1 Å². The molecule has 4 rings (SSSR count). The van der Waals surface area contributed by atoms with E-state index in [1.807, 2.05) is 0 Å². The molecule has 0 amide bonds. The van der Waals surface area contributed by atoms with Crippen LogP contribution in [0.15, 0.2) is 30.3 Å². The van der Waals surface area contributed by atoms with Crippen molar-refractivity contribution in [3.8, 4) is 0 Å². The second-order valence-electron chi connectivity index (χ2n) is 7.86. The van der Waals surface area contributed by atoms with E-state index in [2.05, 4.69) is 59.1 Å². The molecule has 2 fully saturated rings. The van der Waals surface area contributed by atoms with E-state index in [0.29, 0.717) is 6.04 Å². The van der Waals surface area contributed by atoms with Crippen molar-refractivity contribution in [1.29, 1.82) is 0 Å². The first-order valence-electron chi connectivity index (χ1n) is 9.72. The molecule has 2 aliphatic heterocycles. The number of hydrogen-bond acceptors (Lipinski definition) is 4. The second-order valence-corrected chi connectivity index (χ2v) is 7.86. The minimum atomic E-state index is 0.713. The van der Waals surface area contributed by atoms with Gasteiger partial charge < -0.3 is 9.80 Å². The van der Waals surface area contributed by atoms with Crippen LogP contribution in [-0.4, -0.2) is 61.1 Å². The molecule has 1 aromatic heterocycles. The average molecular weight is 338 g/mol. The molecule has 0 unspecified atom stereocenters. The zero-order valence-electron chi connectivity index (χ0n) is 15.6. The fraction of sp³-hybridized carbons (Fsp3) is 0.571. The molecule has 4 heteroatoms. The lowest BCUT2D eigenvalue weighted by atomic mass is 10.0. The van der Waals surface area contributed by atoms with Crippen LogP contribution in [0.25, 0.3) is 10.9 Å². The molecule has 0 spiro atoms. The van der Waals surface area contributed by atoms with Crippen molar-refractivity contribution in [2.75, 3.05) is 45.2 Å². The Morgan fingerprint density at radius 3 is 2.48 bits per heavy atom. The molecule has 134 valence electrons. The molecule has 4 nitrogen and oxygen atoms in total. The van der Waals surface area contributed by atoms with E-state index in [1.165, 1.54) is 49.7 Å². The van der Waals surface area contributed by atoms with Gasteiger partial charge in [0.15, 0.2) is 0 Å². The van der Waals surface area contributed by atoms with Gasteiger partial charge in [0.25, 0.3) is 0 Å². The first kappa shape index (κ1) is 16.8. The van der Waals surface area contributed by atoms with Gasteiger partial charge in [-0.25, -0.2) is 4.98 Å². The highest BCUT2D eigenvalue weighted by atomic mass is 15.2. The third-order valence-electron chi connectivity index (χ3n) is 5.86. The fourth-order valence-electron chi connectivity index (χ4n) is 4.25. The normalized spacial score (nSPS) is 20.0. The summed E-state index contributed by atoms with van der Waals surface area (Å²) in [7, 11) is 4.38. The van der Waals surface area contributed by atoms with E-state index < -0.39 is 0 Å². The Kier molecular flexibility index (Phi) is 4.91. The van der Waals surface area contributed by atoms with Crippen LogP contribution in [0.3, 0.4) is 0 Å². The number of benzene rings is 1. The fourth-order valence-corrected chi connectivity index (χ4v) is 4.25. The van der Waals surface area contributed by atoms with Crippen molar-refractivity contribution in [3.63, 3.8) is 0 Å². The van der Waals surface area contributed by atoms with E-state index in [4.69, 9.17) is 4.98 Å². The van der Waals surface area contributed by atoms with Gasteiger partial charge in [-0.3, -0.25) is 4.90 Å². The van der Waals surface area contributed by atoms with E-state index in [9.17, 15) is 0 Å². The predicted molar refractivity (Wildman–Crippen MR) is 105 cm³/mol. The van der Waals surface area contributed by atoms with Crippen LogP contribution >= 0.6 is 0 Å². The highest BCUT2D eigenvalue weighted by molar-refractivity contribution is 5.81. The van der Waals surface area contributed by atoms with Crippen LogP contribution in [0, 0.1) is 0 Å². The minimum Gasteiger partial charge on any atom is -0.356 e. The molecule has 0 N–H and O–H groups in total. The number of pyridine rings is 1. The minimum absolute atomic E-state index is 0.713. The third kappa shape index (κ3) is 3.80. The van der Waals surface area contributed by atoms with Crippen LogP contribution in [-0.2, 0) is 6.54 Å². The molecular weight excluding hydrogens is 308 g/mol. The van der Waals surface area contributed by atoms with Gasteiger partial charge in [-0.05, 0) is 82.7 Å². The Labute approximate surface area is 151 Å². The Balaban J connectivity index is 1.47. The maximum Gasteiger partial charge on any atom is 0.129 e. The van der Waals surface area contributed by atoms with E-state index in [1.54, 1.807) is 0 Å². The lowest BCUT2D eigenvalue weighted by Crippen LogP contribution is -2.42. The molecule has 0 saturated carbocycles. The third-order valence-corrected chi connectivity index (χ3v) is 5.86. The van der Waals surface area contributed by atoms with Gasteiger partial charge in [-0.15, -0.1) is 0 Å². The molecular formula is C21H30N4. The molecule has 2 saturated heterocycles. The quantitative estimate of drug-likeness (QED) is 0.852. The number of nitrogens with zero attached hydrogens (tertiary/aromatic N) is 4. The number of likely N-dealkylation sites (tertiary alicyclic amines) is 1. The largest absolute Gasteiger partial charge is 0.356 e. The summed E-state index contributed by atoms with van der Waals surface area (Å²) in [5.74, 6) is 1.14. The van der Waals surface area contributed by atoms with Gasteiger partial charge >= 0.3 is 0 Å². The first-order chi connectivity index (χ1) is 12.2. The molecule has 2 aromatic rings. The Bertz CT molecular complexity index is 713. The average Bonchev–Trinajstić information content (AvgIpc) is 3.14. The van der Waals surface area contributed by atoms with Crippen molar-refractivity contribution in [2.24, 2.45) is 0 Å². The molecule has 25 heavy (non-hydrogen) atoms. The van der Waals surface area contributed by atoms with E-state index in [-0.39, 0.29) is 0 Å². The molecule has 0 radical (unpaired) electrons. The van der Waals surface area contributed by atoms with Crippen molar-refractivity contribution < 1.29 is 0 Å².